The van der Waals surface area contributed by atoms with Crippen molar-refractivity contribution < 1.29 is 44.5 Å². The maximum atomic E-state index is 9.67. The van der Waals surface area contributed by atoms with Gasteiger partial charge in [-0.15, -0.1) is 0 Å². The fourth-order valence-electron chi connectivity index (χ4n) is 3.30. The number of likely N-dealkylation sites (N-methyl/N-ethyl adjacent to an activating group) is 1. The highest BCUT2D eigenvalue weighted by molar-refractivity contribution is 6.33. The van der Waals surface area contributed by atoms with Crippen molar-refractivity contribution in [2.24, 2.45) is 0 Å². The molecule has 6 nitrogen and oxygen atoms in total. The summed E-state index contributed by atoms with van der Waals surface area (Å²) in [4.78, 5) is 7.33. The first-order chi connectivity index (χ1) is 15.8. The summed E-state index contributed by atoms with van der Waals surface area (Å²) < 4.78 is 62.5. The van der Waals surface area contributed by atoms with Crippen LogP contribution in [0.3, 0.4) is 0 Å². The van der Waals surface area contributed by atoms with Crippen molar-refractivity contribution in [2.45, 2.75) is 39.5 Å². The number of unbranched alkanes of at least 4 members (excludes halogenated alkanes) is 2. The van der Waals surface area contributed by atoms with Crippen LogP contribution < -0.4 is 14.7 Å². The van der Waals surface area contributed by atoms with Crippen molar-refractivity contribution in [2.75, 3.05) is 82.1 Å². The first-order valence-corrected chi connectivity index (χ1v) is 11.5. The topological polar surface area (TPSA) is 27.8 Å². The second-order valence-electron chi connectivity index (χ2n) is 8.11. The predicted octanol–water partition coefficient (Wildman–Crippen LogP) is -2.96. The molecular weight excluding hydrogens is 498 g/mol. The van der Waals surface area contributed by atoms with E-state index in [1.807, 2.05) is 7.05 Å². The molecular formula is C20H46B2F8N6. The molecule has 0 saturated heterocycles. The van der Waals surface area contributed by atoms with E-state index in [4.69, 9.17) is 0 Å². The van der Waals surface area contributed by atoms with Gasteiger partial charge in [0.15, 0.2) is 0 Å². The van der Waals surface area contributed by atoms with E-state index in [0.29, 0.717) is 0 Å². The molecule has 0 saturated carbocycles. The summed E-state index contributed by atoms with van der Waals surface area (Å²) in [7, 11) is 7.56. The third-order valence-corrected chi connectivity index (χ3v) is 4.50. The highest BCUT2D eigenvalue weighted by Gasteiger charge is 2.26. The number of amidine groups is 1. The van der Waals surface area contributed by atoms with Crippen molar-refractivity contribution in [3.8, 4) is 0 Å². The van der Waals surface area contributed by atoms with Gasteiger partial charge in [-0.05, 0) is 19.9 Å². The quantitative estimate of drug-likeness (QED) is 0.0991. The van der Waals surface area contributed by atoms with Crippen LogP contribution >= 0.6 is 0 Å². The molecule has 0 aromatic carbocycles. The number of rotatable bonds is 11. The van der Waals surface area contributed by atoms with Crippen LogP contribution in [0.4, 0.5) is 25.9 Å². The fraction of sp³-hybridized carbons (Fsp3) is 0.900. The molecule has 0 bridgehead atoms. The number of nitrogens with zero attached hydrogens (tertiary/aromatic N) is 5. The Morgan fingerprint density at radius 1 is 0.694 bits per heavy atom. The molecule has 0 aromatic rings. The Bertz CT molecular complexity index is 539. The van der Waals surface area contributed by atoms with Crippen LogP contribution in [0.25, 0.3) is 0 Å². The molecule has 0 heterocycles. The van der Waals surface area contributed by atoms with Crippen LogP contribution in [0.2, 0.25) is 0 Å². The van der Waals surface area contributed by atoms with Gasteiger partial charge in [0.2, 0.25) is 0 Å². The molecule has 0 atom stereocenters. The Labute approximate surface area is 213 Å². The SMILES string of the molecule is CCCCN(CCN(CCCC)C(N(C)C)=[N+](C)C)C(CNC)=[N+](C)C.FB(F)F.FB(F)F.[F-].[F-]. The van der Waals surface area contributed by atoms with E-state index < -0.39 is 15.1 Å². The zero-order valence-electron chi connectivity index (χ0n) is 23.3. The number of halogens is 8. The van der Waals surface area contributed by atoms with Gasteiger partial charge >= 0.3 is 21.0 Å². The third-order valence-electron chi connectivity index (χ3n) is 4.50. The van der Waals surface area contributed by atoms with E-state index in [0.717, 1.165) is 32.7 Å². The number of hydrogen-bond acceptors (Lipinski definition) is 1. The van der Waals surface area contributed by atoms with Gasteiger partial charge in [-0.25, -0.2) is 0 Å². The summed E-state index contributed by atoms with van der Waals surface area (Å²) in [6.07, 6.45) is 4.90. The van der Waals surface area contributed by atoms with E-state index in [2.05, 4.69) is 85.3 Å². The zero-order chi connectivity index (χ0) is 27.3. The van der Waals surface area contributed by atoms with Gasteiger partial charge in [-0.3, -0.25) is 49.7 Å². The number of nitrogens with one attached hydrogen (secondary N) is 1. The molecule has 0 spiro atoms. The Balaban J connectivity index is -0.000000278. The smallest absolute Gasteiger partial charge is 0.762 e. The molecule has 0 aliphatic heterocycles. The lowest BCUT2D eigenvalue weighted by Crippen LogP contribution is -3.00. The van der Waals surface area contributed by atoms with Gasteiger partial charge in [-0.2, -0.15) is 0 Å². The molecule has 0 aliphatic carbocycles. The minimum Gasteiger partial charge on any atom is -1.00 e. The van der Waals surface area contributed by atoms with Crippen LogP contribution in [0, 0.1) is 0 Å². The average molecular weight is 544 g/mol. The van der Waals surface area contributed by atoms with Crippen LogP contribution in [0.15, 0.2) is 0 Å². The molecule has 0 aliphatic rings. The summed E-state index contributed by atoms with van der Waals surface area (Å²) in [6, 6.07) is 0. The molecule has 16 heteroatoms. The van der Waals surface area contributed by atoms with Gasteiger partial charge in [0.25, 0.3) is 5.84 Å². The lowest BCUT2D eigenvalue weighted by Gasteiger charge is -2.27. The molecule has 0 rings (SSSR count). The fourth-order valence-corrected chi connectivity index (χ4v) is 3.30. The van der Waals surface area contributed by atoms with E-state index in [9.17, 15) is 25.9 Å². The van der Waals surface area contributed by atoms with Crippen molar-refractivity contribution in [3.63, 3.8) is 0 Å². The summed E-state index contributed by atoms with van der Waals surface area (Å²) in [5.41, 5.74) is 0. The monoisotopic (exact) mass is 544 g/mol. The van der Waals surface area contributed by atoms with Crippen LogP contribution in [-0.2, 0) is 0 Å². The van der Waals surface area contributed by atoms with Crippen molar-refractivity contribution in [1.29, 1.82) is 0 Å². The third kappa shape index (κ3) is 26.9. The lowest BCUT2D eigenvalue weighted by atomic mass is 10.2. The Morgan fingerprint density at radius 3 is 1.33 bits per heavy atom. The van der Waals surface area contributed by atoms with Crippen LogP contribution in [0.5, 0.6) is 0 Å². The molecule has 0 radical (unpaired) electrons. The van der Waals surface area contributed by atoms with Crippen molar-refractivity contribution >= 4 is 26.9 Å². The Kier molecular flexibility index (Phi) is 34.3. The lowest BCUT2D eigenvalue weighted by molar-refractivity contribution is -0.476. The number of hydrogen-bond donors (Lipinski definition) is 1. The zero-order valence-corrected chi connectivity index (χ0v) is 23.3. The number of guanidine groups is 1. The van der Waals surface area contributed by atoms with Gasteiger partial charge in [0, 0.05) is 0 Å². The molecule has 36 heavy (non-hydrogen) atoms. The van der Waals surface area contributed by atoms with Gasteiger partial charge in [0.1, 0.15) is 13.1 Å². The second-order valence-corrected chi connectivity index (χ2v) is 8.11. The van der Waals surface area contributed by atoms with E-state index >= 15 is 0 Å². The predicted molar refractivity (Wildman–Crippen MR) is 133 cm³/mol. The van der Waals surface area contributed by atoms with E-state index in [1.165, 1.54) is 37.5 Å². The van der Waals surface area contributed by atoms with Crippen molar-refractivity contribution in [1.82, 2.24) is 20.0 Å². The second kappa shape index (κ2) is 27.9. The normalized spacial score (nSPS) is 9.08. The molecule has 1 N–H and O–H groups in total. The summed E-state index contributed by atoms with van der Waals surface area (Å²) in [5, 5.41) is 3.33. The maximum Gasteiger partial charge on any atom is 0.762 e. The molecule has 0 amide bonds. The Hall–Kier alpha value is -1.73. The molecule has 0 aromatic heterocycles. The van der Waals surface area contributed by atoms with Crippen molar-refractivity contribution in [3.05, 3.63) is 0 Å². The first-order valence-electron chi connectivity index (χ1n) is 11.5. The maximum absolute atomic E-state index is 9.67. The average Bonchev–Trinajstić information content (AvgIpc) is 2.68. The van der Waals surface area contributed by atoms with Gasteiger partial charge in [-0.1, -0.05) is 26.7 Å². The minimum absolute atomic E-state index is 0. The first kappa shape index (κ1) is 44.3. The minimum atomic E-state index is -3.67. The summed E-state index contributed by atoms with van der Waals surface area (Å²) in [5.74, 6) is 2.65. The Morgan fingerprint density at radius 2 is 1.06 bits per heavy atom. The van der Waals surface area contributed by atoms with Crippen LogP contribution in [-0.4, -0.2) is 133 Å². The summed E-state index contributed by atoms with van der Waals surface area (Å²) in [6.45, 7) is 9.74. The molecule has 0 fully saturated rings. The summed E-state index contributed by atoms with van der Waals surface area (Å²) >= 11 is 0. The largest absolute Gasteiger partial charge is 1.00 e. The standard InChI is InChI=1S/C20H46N6.2BF3.2FH/c1-10-12-14-25(19(18-21-3)22(4)5)16-17-26(15-13-11-2)20(23(6)7)24(8)9;2*2-1(3)4;;/h21H,10-18H2,1-9H3;;;2*1H/q+2;;;;/p-2. The van der Waals surface area contributed by atoms with E-state index in [1.54, 1.807) is 0 Å². The van der Waals surface area contributed by atoms with Gasteiger partial charge in [0.05, 0.1) is 61.9 Å². The van der Waals surface area contributed by atoms with E-state index in [-0.39, 0.29) is 9.41 Å². The molecule has 0 unspecified atom stereocenters. The van der Waals surface area contributed by atoms with Crippen LogP contribution in [0.1, 0.15) is 39.5 Å². The van der Waals surface area contributed by atoms with Gasteiger partial charge < -0.3 is 14.7 Å². The highest BCUT2D eigenvalue weighted by Crippen LogP contribution is 2.03. The highest BCUT2D eigenvalue weighted by atomic mass is 19.4. The molecule has 218 valence electrons.